The van der Waals surface area contributed by atoms with Crippen molar-refractivity contribution in [3.63, 3.8) is 0 Å². The van der Waals surface area contributed by atoms with E-state index < -0.39 is 11.7 Å². The van der Waals surface area contributed by atoms with Gasteiger partial charge in [-0.3, -0.25) is 9.59 Å². The number of ether oxygens (including phenoxy) is 1. The van der Waals surface area contributed by atoms with Crippen LogP contribution in [0.15, 0.2) is 42.5 Å². The molecule has 0 aliphatic rings. The molecule has 0 unspecified atom stereocenters. The van der Waals surface area contributed by atoms with E-state index in [1.165, 1.54) is 44.4 Å². The Morgan fingerprint density at radius 1 is 1.16 bits per heavy atom. The minimum Gasteiger partial charge on any atom is -0.494 e. The fourth-order valence-electron chi connectivity index (χ4n) is 2.03. The highest BCUT2D eigenvalue weighted by Gasteiger charge is 2.06. The molecule has 0 spiro atoms. The quantitative estimate of drug-likeness (QED) is 0.787. The average molecular weight is 363 g/mol. The lowest BCUT2D eigenvalue weighted by atomic mass is 10.2. The molecule has 0 aliphatic heterocycles. The monoisotopic (exact) mass is 362 g/mol. The van der Waals surface area contributed by atoms with Crippen molar-refractivity contribution in [2.45, 2.75) is 6.92 Å². The molecule has 0 aromatic heterocycles. The molecule has 2 aromatic carbocycles. The summed E-state index contributed by atoms with van der Waals surface area (Å²) >= 11 is 6.04. The normalized spacial score (nSPS) is 10.6. The van der Waals surface area contributed by atoms with E-state index in [1.54, 1.807) is 18.2 Å². The van der Waals surface area contributed by atoms with Crippen molar-refractivity contribution in [2.24, 2.45) is 0 Å². The van der Waals surface area contributed by atoms with E-state index in [1.807, 2.05) is 0 Å². The molecule has 0 radical (unpaired) electrons. The van der Waals surface area contributed by atoms with Crippen LogP contribution in [0.4, 0.5) is 15.8 Å². The van der Waals surface area contributed by atoms with Gasteiger partial charge in [-0.2, -0.15) is 0 Å². The summed E-state index contributed by atoms with van der Waals surface area (Å²) in [6, 6.07) is 9.09. The van der Waals surface area contributed by atoms with E-state index in [2.05, 4.69) is 10.6 Å². The maximum atomic E-state index is 13.6. The van der Waals surface area contributed by atoms with Crippen molar-refractivity contribution in [2.75, 3.05) is 17.7 Å². The van der Waals surface area contributed by atoms with E-state index in [-0.39, 0.29) is 11.7 Å². The standard InChI is InChI=1S/C18H16ClFN2O3/c1-11(23)21-16-6-5-13(10-14(16)19)22-18(24)8-4-12-3-7-17(25-2)15(20)9-12/h3-10H,1-2H3,(H,21,23)(H,22,24)/b8-4+. The largest absolute Gasteiger partial charge is 0.494 e. The molecule has 7 heteroatoms. The third kappa shape index (κ3) is 5.32. The van der Waals surface area contributed by atoms with Crippen LogP contribution >= 0.6 is 11.6 Å². The smallest absolute Gasteiger partial charge is 0.248 e. The van der Waals surface area contributed by atoms with Gasteiger partial charge in [0, 0.05) is 18.7 Å². The first-order valence-electron chi connectivity index (χ1n) is 7.29. The van der Waals surface area contributed by atoms with E-state index >= 15 is 0 Å². The van der Waals surface area contributed by atoms with Crippen LogP contribution in [0.5, 0.6) is 5.75 Å². The summed E-state index contributed by atoms with van der Waals surface area (Å²) in [7, 11) is 1.38. The number of benzene rings is 2. The molecule has 2 N–H and O–H groups in total. The molecule has 0 bridgehead atoms. The molecule has 0 atom stereocenters. The van der Waals surface area contributed by atoms with Gasteiger partial charge in [0.25, 0.3) is 0 Å². The van der Waals surface area contributed by atoms with Crippen LogP contribution in [0, 0.1) is 5.82 Å². The molecule has 5 nitrogen and oxygen atoms in total. The number of carbonyl (C=O) groups is 2. The Hall–Kier alpha value is -2.86. The minimum atomic E-state index is -0.509. The molecule has 0 saturated carbocycles. The van der Waals surface area contributed by atoms with E-state index in [9.17, 15) is 14.0 Å². The molecule has 0 saturated heterocycles. The van der Waals surface area contributed by atoms with E-state index in [0.29, 0.717) is 22.0 Å². The lowest BCUT2D eigenvalue weighted by molar-refractivity contribution is -0.114. The SMILES string of the molecule is COc1ccc(/C=C/C(=O)Nc2ccc(NC(C)=O)c(Cl)c2)cc1F. The zero-order valence-electron chi connectivity index (χ0n) is 13.6. The third-order valence-corrected chi connectivity index (χ3v) is 3.46. The lowest BCUT2D eigenvalue weighted by Crippen LogP contribution is -2.09. The number of carbonyl (C=O) groups excluding carboxylic acids is 2. The summed E-state index contributed by atoms with van der Waals surface area (Å²) in [6.45, 7) is 1.37. The lowest BCUT2D eigenvalue weighted by Gasteiger charge is -2.08. The van der Waals surface area contributed by atoms with E-state index in [4.69, 9.17) is 16.3 Å². The number of anilines is 2. The van der Waals surface area contributed by atoms with Gasteiger partial charge in [-0.25, -0.2) is 4.39 Å². The summed E-state index contributed by atoms with van der Waals surface area (Å²) in [5.41, 5.74) is 1.44. The van der Waals surface area contributed by atoms with Crippen LogP contribution in [0.3, 0.4) is 0 Å². The zero-order chi connectivity index (χ0) is 18.4. The average Bonchev–Trinajstić information content (AvgIpc) is 2.55. The highest BCUT2D eigenvalue weighted by atomic mass is 35.5. The zero-order valence-corrected chi connectivity index (χ0v) is 14.4. The van der Waals surface area contributed by atoms with Crippen LogP contribution in [-0.4, -0.2) is 18.9 Å². The summed E-state index contributed by atoms with van der Waals surface area (Å²) in [4.78, 5) is 23.0. The maximum absolute atomic E-state index is 13.6. The van der Waals surface area contributed by atoms with Crippen LogP contribution in [-0.2, 0) is 9.59 Å². The molecular weight excluding hydrogens is 347 g/mol. The molecular formula is C18H16ClFN2O3. The highest BCUT2D eigenvalue weighted by Crippen LogP contribution is 2.25. The Morgan fingerprint density at radius 3 is 2.52 bits per heavy atom. The van der Waals surface area contributed by atoms with Gasteiger partial charge in [0.2, 0.25) is 11.8 Å². The number of amides is 2. The fourth-order valence-corrected chi connectivity index (χ4v) is 2.25. The van der Waals surface area contributed by atoms with Crippen LogP contribution < -0.4 is 15.4 Å². The Labute approximate surface area is 149 Å². The van der Waals surface area contributed by atoms with Gasteiger partial charge >= 0.3 is 0 Å². The highest BCUT2D eigenvalue weighted by molar-refractivity contribution is 6.34. The predicted molar refractivity (Wildman–Crippen MR) is 96.4 cm³/mol. The van der Waals surface area contributed by atoms with Gasteiger partial charge in [-0.1, -0.05) is 17.7 Å². The summed E-state index contributed by atoms with van der Waals surface area (Å²) < 4.78 is 18.4. The first kappa shape index (κ1) is 18.5. The Balaban J connectivity index is 2.03. The Kier molecular flexibility index (Phi) is 6.14. The third-order valence-electron chi connectivity index (χ3n) is 3.15. The van der Waals surface area contributed by atoms with Gasteiger partial charge in [-0.15, -0.1) is 0 Å². The number of rotatable bonds is 5. The molecule has 25 heavy (non-hydrogen) atoms. The molecule has 130 valence electrons. The molecule has 0 aliphatic carbocycles. The first-order chi connectivity index (χ1) is 11.9. The number of hydrogen-bond acceptors (Lipinski definition) is 3. The first-order valence-corrected chi connectivity index (χ1v) is 7.66. The molecule has 2 aromatic rings. The van der Waals surface area contributed by atoms with Gasteiger partial charge in [0.15, 0.2) is 11.6 Å². The molecule has 0 fully saturated rings. The van der Waals surface area contributed by atoms with Crippen molar-refractivity contribution in [1.82, 2.24) is 0 Å². The maximum Gasteiger partial charge on any atom is 0.248 e. The fraction of sp³-hybridized carbons (Fsp3) is 0.111. The van der Waals surface area contributed by atoms with E-state index in [0.717, 1.165) is 0 Å². The van der Waals surface area contributed by atoms with Gasteiger partial charge in [0.1, 0.15) is 0 Å². The second kappa shape index (κ2) is 8.30. The number of methoxy groups -OCH3 is 1. The molecule has 0 heterocycles. The van der Waals surface area contributed by atoms with Gasteiger partial charge in [0.05, 0.1) is 17.8 Å². The van der Waals surface area contributed by atoms with Crippen molar-refractivity contribution in [3.8, 4) is 5.75 Å². The number of hydrogen-bond donors (Lipinski definition) is 2. The minimum absolute atomic E-state index is 0.135. The summed E-state index contributed by atoms with van der Waals surface area (Å²) in [6.07, 6.45) is 2.75. The van der Waals surface area contributed by atoms with Crippen molar-refractivity contribution in [1.29, 1.82) is 0 Å². The number of halogens is 2. The van der Waals surface area contributed by atoms with Crippen LogP contribution in [0.1, 0.15) is 12.5 Å². The molecule has 2 amide bonds. The van der Waals surface area contributed by atoms with Gasteiger partial charge in [-0.05, 0) is 42.0 Å². The topological polar surface area (TPSA) is 67.4 Å². The second-order valence-corrected chi connectivity index (χ2v) is 5.50. The van der Waals surface area contributed by atoms with Crippen molar-refractivity contribution >= 4 is 40.9 Å². The predicted octanol–water partition coefficient (Wildman–Crippen LogP) is 4.10. The molecule has 2 rings (SSSR count). The summed E-state index contributed by atoms with van der Waals surface area (Å²) in [5.74, 6) is -1.02. The van der Waals surface area contributed by atoms with Crippen LogP contribution in [0.25, 0.3) is 6.08 Å². The van der Waals surface area contributed by atoms with Crippen molar-refractivity contribution in [3.05, 3.63) is 58.9 Å². The van der Waals surface area contributed by atoms with Crippen LogP contribution in [0.2, 0.25) is 5.02 Å². The second-order valence-electron chi connectivity index (χ2n) is 5.09. The van der Waals surface area contributed by atoms with Crippen molar-refractivity contribution < 1.29 is 18.7 Å². The summed E-state index contributed by atoms with van der Waals surface area (Å²) in [5, 5.41) is 5.50. The van der Waals surface area contributed by atoms with Gasteiger partial charge < -0.3 is 15.4 Å². The Bertz CT molecular complexity index is 837. The Morgan fingerprint density at radius 2 is 1.92 bits per heavy atom. The number of nitrogens with one attached hydrogen (secondary N) is 2.